The Morgan fingerprint density at radius 1 is 1.14 bits per heavy atom. The fourth-order valence-electron chi connectivity index (χ4n) is 2.28. The maximum Gasteiger partial charge on any atom is 0.335 e. The molecule has 0 bridgehead atoms. The highest BCUT2D eigenvalue weighted by molar-refractivity contribution is 7.89. The molecule has 0 spiro atoms. The topological polar surface area (TPSA) is 200 Å². The minimum atomic E-state index is -4.55. The van der Waals surface area contributed by atoms with Gasteiger partial charge in [-0.15, -0.1) is 0 Å². The molecule has 0 saturated heterocycles. The molecule has 158 valence electrons. The predicted octanol–water partition coefficient (Wildman–Crippen LogP) is -0.0343. The molecule has 8 N–H and O–H groups in total. The van der Waals surface area contributed by atoms with Gasteiger partial charge in [-0.1, -0.05) is 25.1 Å². The Balaban J connectivity index is 2.74. The summed E-state index contributed by atoms with van der Waals surface area (Å²) < 4.78 is 29.6. The van der Waals surface area contributed by atoms with Gasteiger partial charge in [-0.3, -0.25) is 0 Å². The second-order valence-corrected chi connectivity index (χ2v) is 7.61. The van der Waals surface area contributed by atoms with Gasteiger partial charge in [-0.2, -0.15) is 0 Å². The van der Waals surface area contributed by atoms with Crippen molar-refractivity contribution in [3.63, 3.8) is 0 Å². The number of rotatable bonds is 8. The molecule has 2 aromatic rings. The molecule has 0 radical (unpaired) electrons. The van der Waals surface area contributed by atoms with Crippen molar-refractivity contribution in [2.45, 2.75) is 29.9 Å². The van der Waals surface area contributed by atoms with Gasteiger partial charge in [-0.05, 0) is 24.3 Å². The van der Waals surface area contributed by atoms with Crippen molar-refractivity contribution in [3.05, 3.63) is 48.0 Å². The van der Waals surface area contributed by atoms with Gasteiger partial charge in [0.15, 0.2) is 5.75 Å². The minimum absolute atomic E-state index is 0.111. The van der Waals surface area contributed by atoms with Crippen LogP contribution in [0.5, 0.6) is 11.5 Å². The molecular formula is C17H20N2O9S. The summed E-state index contributed by atoms with van der Waals surface area (Å²) in [6.45, 7) is 1.23. The summed E-state index contributed by atoms with van der Waals surface area (Å²) in [6.07, 6.45) is -0.553. The standard InChI is InChI=1S/C17H20N2O9S/c1-2-16(22,23)17(24,25)19-12-8-10(15(20)21)9-13(29(18,26)27)14(12)28-11-6-4-3-5-7-11/h3-9,19,22-25H,2H2,1H3,(H,20,21)(H2,18,26,27). The van der Waals surface area contributed by atoms with Gasteiger partial charge >= 0.3 is 11.9 Å². The Kier molecular flexibility index (Phi) is 6.18. The Morgan fingerprint density at radius 2 is 1.72 bits per heavy atom. The molecule has 0 unspecified atom stereocenters. The molecule has 0 saturated carbocycles. The average Bonchev–Trinajstić information content (AvgIpc) is 2.62. The quantitative estimate of drug-likeness (QED) is 0.280. The van der Waals surface area contributed by atoms with Gasteiger partial charge in [0.2, 0.25) is 15.8 Å². The number of ether oxygens (including phenoxy) is 1. The van der Waals surface area contributed by atoms with E-state index >= 15 is 0 Å². The van der Waals surface area contributed by atoms with Gasteiger partial charge in [0.1, 0.15) is 10.6 Å². The van der Waals surface area contributed by atoms with Crippen LogP contribution in [0.4, 0.5) is 5.69 Å². The van der Waals surface area contributed by atoms with Crippen LogP contribution in [0.15, 0.2) is 47.4 Å². The van der Waals surface area contributed by atoms with E-state index in [1.165, 1.54) is 19.1 Å². The molecule has 0 fully saturated rings. The van der Waals surface area contributed by atoms with Crippen LogP contribution in [-0.4, -0.2) is 51.6 Å². The second kappa shape index (κ2) is 7.94. The fraction of sp³-hybridized carbons (Fsp3) is 0.235. The number of aromatic carboxylic acids is 1. The van der Waals surface area contributed by atoms with Crippen LogP contribution < -0.4 is 15.2 Å². The fourth-order valence-corrected chi connectivity index (χ4v) is 2.98. The molecule has 0 heterocycles. The highest BCUT2D eigenvalue weighted by atomic mass is 32.2. The lowest BCUT2D eigenvalue weighted by molar-refractivity contribution is -0.343. The zero-order chi connectivity index (χ0) is 22.0. The smallest absolute Gasteiger partial charge is 0.335 e. The summed E-state index contributed by atoms with van der Waals surface area (Å²) >= 11 is 0. The molecule has 0 amide bonds. The highest BCUT2D eigenvalue weighted by Crippen LogP contribution is 2.39. The first-order valence-corrected chi connectivity index (χ1v) is 9.68. The Hall–Kier alpha value is -2.74. The molecule has 12 heteroatoms. The average molecular weight is 428 g/mol. The molecular weight excluding hydrogens is 408 g/mol. The van der Waals surface area contributed by atoms with E-state index in [1.54, 1.807) is 18.2 Å². The van der Waals surface area contributed by atoms with E-state index < -0.39 is 56.0 Å². The number of nitrogens with one attached hydrogen (secondary N) is 1. The lowest BCUT2D eigenvalue weighted by Crippen LogP contribution is -2.59. The maximum atomic E-state index is 12.0. The zero-order valence-electron chi connectivity index (χ0n) is 15.1. The van der Waals surface area contributed by atoms with E-state index in [4.69, 9.17) is 9.88 Å². The van der Waals surface area contributed by atoms with Crippen molar-refractivity contribution in [2.24, 2.45) is 5.14 Å². The summed E-state index contributed by atoms with van der Waals surface area (Å²) in [7, 11) is -4.55. The number of para-hydroxylation sites is 1. The van der Waals surface area contributed by atoms with Crippen molar-refractivity contribution >= 4 is 21.7 Å². The number of sulfonamides is 1. The van der Waals surface area contributed by atoms with Crippen molar-refractivity contribution in [3.8, 4) is 11.5 Å². The van der Waals surface area contributed by atoms with Crippen molar-refractivity contribution in [1.82, 2.24) is 0 Å². The highest BCUT2D eigenvalue weighted by Gasteiger charge is 2.47. The van der Waals surface area contributed by atoms with E-state index in [0.717, 1.165) is 12.1 Å². The van der Waals surface area contributed by atoms with Crippen LogP contribution in [0.3, 0.4) is 0 Å². The first kappa shape index (κ1) is 22.5. The van der Waals surface area contributed by atoms with Crippen molar-refractivity contribution < 1.29 is 43.5 Å². The lowest BCUT2D eigenvalue weighted by atomic mass is 10.1. The van der Waals surface area contributed by atoms with Gasteiger partial charge in [0, 0.05) is 6.42 Å². The van der Waals surface area contributed by atoms with E-state index in [9.17, 15) is 38.7 Å². The number of carboxylic acid groups (broad SMARTS) is 1. The van der Waals surface area contributed by atoms with Crippen LogP contribution in [0.25, 0.3) is 0 Å². The molecule has 11 nitrogen and oxygen atoms in total. The number of carboxylic acids is 1. The third-order valence-electron chi connectivity index (χ3n) is 3.93. The van der Waals surface area contributed by atoms with Gasteiger partial charge < -0.3 is 35.6 Å². The number of hydrogen-bond donors (Lipinski definition) is 7. The second-order valence-electron chi connectivity index (χ2n) is 6.08. The SMILES string of the molecule is CCC(O)(O)C(O)(O)Nc1cc(C(=O)O)cc(S(N)(=O)=O)c1Oc1ccccc1. The largest absolute Gasteiger partial charge is 0.478 e. The van der Waals surface area contributed by atoms with Gasteiger partial charge in [0.05, 0.1) is 11.3 Å². The van der Waals surface area contributed by atoms with E-state index in [2.05, 4.69) is 0 Å². The molecule has 0 aromatic heterocycles. The normalized spacial score (nSPS) is 12.5. The number of hydrogen-bond acceptors (Lipinski definition) is 9. The van der Waals surface area contributed by atoms with Crippen molar-refractivity contribution in [2.75, 3.05) is 5.32 Å². The first-order valence-electron chi connectivity index (χ1n) is 8.13. The molecule has 0 aliphatic carbocycles. The third-order valence-corrected chi connectivity index (χ3v) is 4.85. The number of carbonyl (C=O) groups is 1. The number of aliphatic hydroxyl groups is 4. The summed E-state index contributed by atoms with van der Waals surface area (Å²) in [5, 5.41) is 56.1. The number of primary sulfonamides is 1. The van der Waals surface area contributed by atoms with Gasteiger partial charge in [-0.25, -0.2) is 18.4 Å². The first-order chi connectivity index (χ1) is 13.3. The van der Waals surface area contributed by atoms with E-state index in [-0.39, 0.29) is 5.75 Å². The minimum Gasteiger partial charge on any atom is -0.478 e. The monoisotopic (exact) mass is 428 g/mol. The van der Waals surface area contributed by atoms with Gasteiger partial charge in [0.25, 0.3) is 0 Å². The molecule has 0 aliphatic rings. The summed E-state index contributed by atoms with van der Waals surface area (Å²) in [4.78, 5) is 10.6. The van der Waals surface area contributed by atoms with Crippen molar-refractivity contribution in [1.29, 1.82) is 0 Å². The Labute approximate surface area is 165 Å². The van der Waals surface area contributed by atoms with E-state index in [1.807, 2.05) is 5.32 Å². The van der Waals surface area contributed by atoms with Crippen LogP contribution in [0.2, 0.25) is 0 Å². The van der Waals surface area contributed by atoms with E-state index in [0.29, 0.717) is 0 Å². The molecule has 0 atom stereocenters. The van der Waals surface area contributed by atoms with Crippen LogP contribution in [0.1, 0.15) is 23.7 Å². The predicted molar refractivity (Wildman–Crippen MR) is 99.5 cm³/mol. The number of nitrogens with two attached hydrogens (primary N) is 1. The third kappa shape index (κ3) is 5.00. The summed E-state index contributed by atoms with van der Waals surface area (Å²) in [5.74, 6) is -8.52. The molecule has 29 heavy (non-hydrogen) atoms. The number of anilines is 1. The van der Waals surface area contributed by atoms with Crippen LogP contribution >= 0.6 is 0 Å². The summed E-state index contributed by atoms with van der Waals surface area (Å²) in [5.41, 5.74) is -1.17. The maximum absolute atomic E-state index is 12.0. The lowest BCUT2D eigenvalue weighted by Gasteiger charge is -2.35. The Morgan fingerprint density at radius 3 is 2.21 bits per heavy atom. The molecule has 2 rings (SSSR count). The number of benzene rings is 2. The Bertz CT molecular complexity index is 1010. The zero-order valence-corrected chi connectivity index (χ0v) is 15.9. The molecule has 0 aliphatic heterocycles. The van der Waals surface area contributed by atoms with Crippen LogP contribution in [0, 0.1) is 0 Å². The van der Waals surface area contributed by atoms with Crippen LogP contribution in [-0.2, 0) is 10.0 Å². The molecule has 2 aromatic carbocycles. The summed E-state index contributed by atoms with van der Waals surface area (Å²) in [6, 6.07) is 9.22.